The number of carbonyl (C=O) groups excluding carboxylic acids is 3. The maximum Gasteiger partial charge on any atom is 0.310 e. The van der Waals surface area contributed by atoms with E-state index >= 15 is 0 Å². The van der Waals surface area contributed by atoms with Gasteiger partial charge in [0.2, 0.25) is 0 Å². The van der Waals surface area contributed by atoms with E-state index in [9.17, 15) is 19.2 Å². The first-order valence-electron chi connectivity index (χ1n) is 3.95. The molecule has 0 aliphatic carbocycles. The molecule has 0 aromatic heterocycles. The Morgan fingerprint density at radius 1 is 0.786 bits per heavy atom. The van der Waals surface area contributed by atoms with Crippen LogP contribution in [0.3, 0.4) is 0 Å². The molecule has 0 radical (unpaired) electrons. The highest BCUT2D eigenvalue weighted by atomic mass is 16.4. The van der Waals surface area contributed by atoms with E-state index < -0.39 is 5.97 Å². The fourth-order valence-electron chi connectivity index (χ4n) is 0.564. The normalized spacial score (nSPS) is 8.21. The fourth-order valence-corrected chi connectivity index (χ4v) is 0.564. The first-order valence-corrected chi connectivity index (χ1v) is 3.95. The highest BCUT2D eigenvalue weighted by molar-refractivity contribution is 5.96. The molecule has 0 fully saturated rings. The Bertz CT molecular complexity index is 192. The summed E-state index contributed by atoms with van der Waals surface area (Å²) in [6.07, 6.45) is -0.278. The number of Topliss-reactive ketones (excluding diaryl/α,β-unsaturated/α-hetero) is 3. The fraction of sp³-hybridized carbons (Fsp3) is 0.556. The molecule has 0 saturated carbocycles. The van der Waals surface area contributed by atoms with E-state index in [-0.39, 0.29) is 30.2 Å². The molecule has 0 amide bonds. The van der Waals surface area contributed by atoms with Crippen molar-refractivity contribution in [2.75, 3.05) is 0 Å². The first-order chi connectivity index (χ1) is 6.25. The molecule has 0 aromatic rings. The minimum atomic E-state index is -1.06. The van der Waals surface area contributed by atoms with Gasteiger partial charge in [-0.2, -0.15) is 0 Å². The summed E-state index contributed by atoms with van der Waals surface area (Å²) >= 11 is 0. The summed E-state index contributed by atoms with van der Waals surface area (Å²) in [5.41, 5.74) is 0. The van der Waals surface area contributed by atoms with Crippen molar-refractivity contribution >= 4 is 23.3 Å². The number of carboxylic acid groups (broad SMARTS) is 1. The van der Waals surface area contributed by atoms with Crippen LogP contribution in [0, 0.1) is 0 Å². The van der Waals surface area contributed by atoms with Gasteiger partial charge in [-0.1, -0.05) is 0 Å². The number of carbonyl (C=O) groups is 4. The second-order valence-corrected chi connectivity index (χ2v) is 2.85. The summed E-state index contributed by atoms with van der Waals surface area (Å²) in [7, 11) is 0. The molecule has 5 heteroatoms. The van der Waals surface area contributed by atoms with Crippen LogP contribution in [-0.2, 0) is 19.2 Å². The van der Waals surface area contributed by atoms with Crippen molar-refractivity contribution < 1.29 is 24.3 Å². The Kier molecular flexibility index (Phi) is 8.66. The number of hydrogen-bond donors (Lipinski definition) is 1. The van der Waals surface area contributed by atoms with Crippen LogP contribution in [0.1, 0.15) is 33.6 Å². The predicted octanol–water partition coefficient (Wildman–Crippen LogP) is 0.605. The molecule has 5 nitrogen and oxygen atoms in total. The van der Waals surface area contributed by atoms with Gasteiger partial charge in [0.05, 0.1) is 6.42 Å². The van der Waals surface area contributed by atoms with Gasteiger partial charge in [-0.05, 0) is 20.8 Å². The third kappa shape index (κ3) is 22.4. The van der Waals surface area contributed by atoms with Crippen LogP contribution >= 0.6 is 0 Å². The van der Waals surface area contributed by atoms with Gasteiger partial charge in [-0.25, -0.2) is 0 Å². The molecule has 0 spiro atoms. The summed E-state index contributed by atoms with van der Waals surface area (Å²) < 4.78 is 0. The third-order valence-corrected chi connectivity index (χ3v) is 0.898. The molecule has 1 N–H and O–H groups in total. The van der Waals surface area contributed by atoms with Crippen LogP contribution in [-0.4, -0.2) is 28.4 Å². The Morgan fingerprint density at radius 3 is 1.07 bits per heavy atom. The summed E-state index contributed by atoms with van der Waals surface area (Å²) in [5.74, 6) is -1.50. The summed E-state index contributed by atoms with van der Waals surface area (Å²) in [6.45, 7) is 4.05. The molecular formula is C9H14O5. The minimum Gasteiger partial charge on any atom is -0.481 e. The highest BCUT2D eigenvalue weighted by Gasteiger charge is 1.98. The Balaban J connectivity index is 0. The van der Waals surface area contributed by atoms with Gasteiger partial charge in [0, 0.05) is 0 Å². The van der Waals surface area contributed by atoms with Crippen LogP contribution in [0.25, 0.3) is 0 Å². The average molecular weight is 202 g/mol. The summed E-state index contributed by atoms with van der Waals surface area (Å²) in [5, 5.41) is 7.86. The van der Waals surface area contributed by atoms with Gasteiger partial charge in [-0.3, -0.25) is 19.2 Å². The maximum absolute atomic E-state index is 10.0. The quantitative estimate of drug-likeness (QED) is 0.674. The second kappa shape index (κ2) is 8.10. The zero-order chi connectivity index (χ0) is 11.7. The van der Waals surface area contributed by atoms with E-state index in [2.05, 4.69) is 0 Å². The molecule has 0 aromatic carbocycles. The predicted molar refractivity (Wildman–Crippen MR) is 48.9 cm³/mol. The molecule has 0 unspecified atom stereocenters. The van der Waals surface area contributed by atoms with Gasteiger partial charge in [0.1, 0.15) is 23.8 Å². The van der Waals surface area contributed by atoms with Crippen LogP contribution < -0.4 is 0 Å². The van der Waals surface area contributed by atoms with Gasteiger partial charge in [0.15, 0.2) is 0 Å². The van der Waals surface area contributed by atoms with E-state index in [1.54, 1.807) is 0 Å². The SMILES string of the molecule is CC(=O)CC(=O)O.CC(=O)CC(C)=O. The number of ketones is 3. The van der Waals surface area contributed by atoms with Crippen LogP contribution in [0.5, 0.6) is 0 Å². The van der Waals surface area contributed by atoms with Crippen molar-refractivity contribution in [1.29, 1.82) is 0 Å². The van der Waals surface area contributed by atoms with Crippen LogP contribution in [0.4, 0.5) is 0 Å². The number of hydrogen-bond acceptors (Lipinski definition) is 4. The summed E-state index contributed by atoms with van der Waals surface area (Å²) in [4.78, 5) is 39.5. The van der Waals surface area contributed by atoms with Crippen LogP contribution in [0.2, 0.25) is 0 Å². The molecule has 80 valence electrons. The van der Waals surface area contributed by atoms with E-state index in [0.29, 0.717) is 0 Å². The molecule has 0 aliphatic heterocycles. The monoisotopic (exact) mass is 202 g/mol. The van der Waals surface area contributed by atoms with E-state index in [1.165, 1.54) is 20.8 Å². The van der Waals surface area contributed by atoms with Crippen LogP contribution in [0.15, 0.2) is 0 Å². The molecule has 0 atom stereocenters. The standard InChI is InChI=1S/C5H8O2.C4H6O3/c1-4(6)3-5(2)7;1-3(5)2-4(6)7/h3H2,1-2H3;2H2,1H3,(H,6,7). The smallest absolute Gasteiger partial charge is 0.310 e. The van der Waals surface area contributed by atoms with E-state index in [4.69, 9.17) is 5.11 Å². The van der Waals surface area contributed by atoms with Crippen molar-refractivity contribution in [1.82, 2.24) is 0 Å². The highest BCUT2D eigenvalue weighted by Crippen LogP contribution is 1.80. The van der Waals surface area contributed by atoms with Crippen molar-refractivity contribution in [3.8, 4) is 0 Å². The minimum absolute atomic E-state index is 0.0625. The Morgan fingerprint density at radius 2 is 1.07 bits per heavy atom. The number of carboxylic acids is 1. The van der Waals surface area contributed by atoms with Gasteiger partial charge >= 0.3 is 5.97 Å². The lowest BCUT2D eigenvalue weighted by Gasteiger charge is -1.81. The van der Waals surface area contributed by atoms with Crippen molar-refractivity contribution in [3.05, 3.63) is 0 Å². The van der Waals surface area contributed by atoms with E-state index in [0.717, 1.165) is 0 Å². The topological polar surface area (TPSA) is 88.5 Å². The molecule has 0 saturated heterocycles. The first kappa shape index (κ1) is 15.0. The molecule has 0 aliphatic rings. The van der Waals surface area contributed by atoms with Crippen molar-refractivity contribution in [2.24, 2.45) is 0 Å². The maximum atomic E-state index is 10.0. The lowest BCUT2D eigenvalue weighted by atomic mass is 10.2. The molecule has 0 bridgehead atoms. The zero-order valence-corrected chi connectivity index (χ0v) is 8.49. The van der Waals surface area contributed by atoms with Gasteiger partial charge < -0.3 is 5.11 Å². The molecule has 0 heterocycles. The summed E-state index contributed by atoms with van der Waals surface area (Å²) in [6, 6.07) is 0. The Labute approximate surface area is 82.1 Å². The van der Waals surface area contributed by atoms with Gasteiger partial charge in [-0.15, -0.1) is 0 Å². The van der Waals surface area contributed by atoms with Crippen molar-refractivity contribution in [2.45, 2.75) is 33.6 Å². The average Bonchev–Trinajstić information content (AvgIpc) is 1.79. The van der Waals surface area contributed by atoms with E-state index in [1.807, 2.05) is 0 Å². The van der Waals surface area contributed by atoms with Gasteiger partial charge in [0.25, 0.3) is 0 Å². The second-order valence-electron chi connectivity index (χ2n) is 2.85. The third-order valence-electron chi connectivity index (χ3n) is 0.898. The van der Waals surface area contributed by atoms with Crippen molar-refractivity contribution in [3.63, 3.8) is 0 Å². The Hall–Kier alpha value is -1.52. The number of rotatable bonds is 4. The zero-order valence-electron chi connectivity index (χ0n) is 8.49. The molecule has 14 heavy (non-hydrogen) atoms. The lowest BCUT2D eigenvalue weighted by Crippen LogP contribution is -2.00. The molecule has 0 rings (SSSR count). The molecular weight excluding hydrogens is 188 g/mol. The lowest BCUT2D eigenvalue weighted by molar-refractivity contribution is -0.139. The number of aliphatic carboxylic acids is 1. The largest absolute Gasteiger partial charge is 0.481 e.